The molecule has 0 fully saturated rings. The van der Waals surface area contributed by atoms with E-state index in [-0.39, 0.29) is 5.82 Å². The van der Waals surface area contributed by atoms with E-state index in [1.807, 2.05) is 0 Å². The molecule has 0 saturated heterocycles. The van der Waals surface area contributed by atoms with Gasteiger partial charge in [-0.3, -0.25) is 4.98 Å². The van der Waals surface area contributed by atoms with Crippen molar-refractivity contribution in [3.05, 3.63) is 29.8 Å². The topological polar surface area (TPSA) is 12.9 Å². The van der Waals surface area contributed by atoms with Gasteiger partial charge in [-0.1, -0.05) is 0 Å². The van der Waals surface area contributed by atoms with Gasteiger partial charge in [-0.05, 0) is 12.1 Å². The largest absolute Gasteiger partial charge is 0.258 e. The van der Waals surface area contributed by atoms with Crippen LogP contribution in [0.25, 0.3) is 0 Å². The van der Waals surface area contributed by atoms with Gasteiger partial charge in [0.05, 0.1) is 5.69 Å². The molecule has 0 N–H and O–H groups in total. The van der Waals surface area contributed by atoms with E-state index < -0.39 is 0 Å². The molecule has 0 aliphatic heterocycles. The Hall–Kier alpha value is -0.630. The molecule has 0 amide bonds. The number of hydrogen-bond donors (Lipinski definition) is 0. The van der Waals surface area contributed by atoms with Gasteiger partial charge in [-0.25, -0.2) is 4.39 Å². The van der Waals surface area contributed by atoms with Crippen molar-refractivity contribution in [1.29, 1.82) is 0 Å². The van der Waals surface area contributed by atoms with Gasteiger partial charge in [0.15, 0.2) is 0 Å². The lowest BCUT2D eigenvalue weighted by molar-refractivity contribution is 0.602. The van der Waals surface area contributed by atoms with E-state index in [9.17, 15) is 4.39 Å². The van der Waals surface area contributed by atoms with Gasteiger partial charge < -0.3 is 0 Å². The Bertz CT molecular complexity index is 215. The summed E-state index contributed by atoms with van der Waals surface area (Å²) in [5.41, 5.74) is 0.442. The van der Waals surface area contributed by atoms with Crippen LogP contribution in [0, 0.1) is 5.82 Å². The Kier molecular flexibility index (Phi) is 2.63. The SMILES string of the molecule is Fc1cccnc1CCCl. The molecule has 0 spiro atoms. The second-order valence-electron chi connectivity index (χ2n) is 1.87. The summed E-state index contributed by atoms with van der Waals surface area (Å²) in [6.45, 7) is 0. The molecule has 0 aliphatic rings. The number of aryl methyl sites for hydroxylation is 1. The zero-order valence-corrected chi connectivity index (χ0v) is 6.11. The summed E-state index contributed by atoms with van der Waals surface area (Å²) < 4.78 is 12.7. The standard InChI is InChI=1S/C7H7ClFN/c8-4-3-7-6(9)2-1-5-10-7/h1-2,5H,3-4H2. The Morgan fingerprint density at radius 1 is 1.60 bits per heavy atom. The van der Waals surface area contributed by atoms with Crippen molar-refractivity contribution in [3.63, 3.8) is 0 Å². The summed E-state index contributed by atoms with van der Waals surface area (Å²) >= 11 is 5.40. The molecule has 0 radical (unpaired) electrons. The number of pyridine rings is 1. The van der Waals surface area contributed by atoms with Crippen LogP contribution in [-0.2, 0) is 6.42 Å². The molecule has 1 aromatic rings. The Labute approximate surface area is 63.8 Å². The van der Waals surface area contributed by atoms with Crippen molar-refractivity contribution >= 4 is 11.6 Å². The van der Waals surface area contributed by atoms with Crippen LogP contribution in [0.5, 0.6) is 0 Å². The van der Waals surface area contributed by atoms with Crippen LogP contribution in [0.3, 0.4) is 0 Å². The average Bonchev–Trinajstić information content (AvgIpc) is 1.94. The van der Waals surface area contributed by atoms with Gasteiger partial charge in [0.1, 0.15) is 5.82 Å². The third-order valence-electron chi connectivity index (χ3n) is 1.17. The maximum Gasteiger partial charge on any atom is 0.144 e. The molecule has 0 saturated carbocycles. The highest BCUT2D eigenvalue weighted by Gasteiger charge is 1.98. The molecule has 0 bridgehead atoms. The number of aromatic nitrogens is 1. The lowest BCUT2D eigenvalue weighted by Crippen LogP contribution is -1.94. The Morgan fingerprint density at radius 2 is 2.40 bits per heavy atom. The highest BCUT2D eigenvalue weighted by Crippen LogP contribution is 2.03. The normalized spacial score (nSPS) is 9.80. The molecule has 1 nitrogen and oxygen atoms in total. The molecule has 10 heavy (non-hydrogen) atoms. The molecule has 0 aliphatic carbocycles. The van der Waals surface area contributed by atoms with Crippen molar-refractivity contribution in [2.45, 2.75) is 6.42 Å². The quantitative estimate of drug-likeness (QED) is 0.602. The highest BCUT2D eigenvalue weighted by atomic mass is 35.5. The van der Waals surface area contributed by atoms with Crippen LogP contribution in [0.4, 0.5) is 4.39 Å². The van der Waals surface area contributed by atoms with Gasteiger partial charge in [0.2, 0.25) is 0 Å². The monoisotopic (exact) mass is 159 g/mol. The fourth-order valence-corrected chi connectivity index (χ4v) is 0.871. The predicted molar refractivity (Wildman–Crippen MR) is 38.6 cm³/mol. The third-order valence-corrected chi connectivity index (χ3v) is 1.35. The van der Waals surface area contributed by atoms with E-state index in [4.69, 9.17) is 11.6 Å². The molecular formula is C7H7ClFN. The van der Waals surface area contributed by atoms with Crippen molar-refractivity contribution in [2.24, 2.45) is 0 Å². The first-order chi connectivity index (χ1) is 4.84. The van der Waals surface area contributed by atoms with Crippen LogP contribution < -0.4 is 0 Å². The zero-order valence-electron chi connectivity index (χ0n) is 5.35. The van der Waals surface area contributed by atoms with Crippen LogP contribution in [0.1, 0.15) is 5.69 Å². The highest BCUT2D eigenvalue weighted by molar-refractivity contribution is 6.17. The van der Waals surface area contributed by atoms with E-state index in [0.717, 1.165) is 0 Å². The molecule has 0 aromatic carbocycles. The van der Waals surface area contributed by atoms with Gasteiger partial charge in [0, 0.05) is 18.5 Å². The molecule has 1 heterocycles. The molecule has 0 atom stereocenters. The van der Waals surface area contributed by atoms with Crippen LogP contribution in [-0.4, -0.2) is 10.9 Å². The summed E-state index contributed by atoms with van der Waals surface area (Å²) in [4.78, 5) is 3.81. The van der Waals surface area contributed by atoms with Crippen LogP contribution in [0.2, 0.25) is 0 Å². The second kappa shape index (κ2) is 3.52. The lowest BCUT2D eigenvalue weighted by atomic mass is 10.3. The lowest BCUT2D eigenvalue weighted by Gasteiger charge is -1.95. The number of nitrogens with zero attached hydrogens (tertiary/aromatic N) is 1. The summed E-state index contributed by atoms with van der Waals surface area (Å²) in [5.74, 6) is 0.136. The van der Waals surface area contributed by atoms with Gasteiger partial charge in [0.25, 0.3) is 0 Å². The summed E-state index contributed by atoms with van der Waals surface area (Å²) in [5, 5.41) is 0. The Balaban J connectivity index is 2.81. The maximum atomic E-state index is 12.7. The number of hydrogen-bond acceptors (Lipinski definition) is 1. The fraction of sp³-hybridized carbons (Fsp3) is 0.286. The summed E-state index contributed by atoms with van der Waals surface area (Å²) in [7, 11) is 0. The number of rotatable bonds is 2. The van der Waals surface area contributed by atoms with Crippen LogP contribution >= 0.6 is 11.6 Å². The smallest absolute Gasteiger partial charge is 0.144 e. The fourth-order valence-electron chi connectivity index (χ4n) is 0.692. The van der Waals surface area contributed by atoms with Crippen molar-refractivity contribution in [1.82, 2.24) is 4.98 Å². The zero-order chi connectivity index (χ0) is 7.40. The first-order valence-corrected chi connectivity index (χ1v) is 3.53. The van der Waals surface area contributed by atoms with Gasteiger partial charge in [-0.15, -0.1) is 11.6 Å². The van der Waals surface area contributed by atoms with E-state index in [1.165, 1.54) is 6.07 Å². The molecule has 54 valence electrons. The second-order valence-corrected chi connectivity index (χ2v) is 2.25. The first kappa shape index (κ1) is 7.48. The van der Waals surface area contributed by atoms with Gasteiger partial charge >= 0.3 is 0 Å². The van der Waals surface area contributed by atoms with Gasteiger partial charge in [-0.2, -0.15) is 0 Å². The van der Waals surface area contributed by atoms with E-state index in [0.29, 0.717) is 18.0 Å². The maximum absolute atomic E-state index is 12.7. The summed E-state index contributed by atoms with van der Waals surface area (Å²) in [6.07, 6.45) is 2.05. The molecule has 1 rings (SSSR count). The van der Waals surface area contributed by atoms with E-state index in [2.05, 4.69) is 4.98 Å². The molecule has 1 aromatic heterocycles. The third kappa shape index (κ3) is 1.67. The van der Waals surface area contributed by atoms with E-state index in [1.54, 1.807) is 12.3 Å². The molecule has 0 unspecified atom stereocenters. The molecule has 3 heteroatoms. The average molecular weight is 160 g/mol. The number of halogens is 2. The minimum atomic E-state index is -0.275. The van der Waals surface area contributed by atoms with Crippen molar-refractivity contribution in [2.75, 3.05) is 5.88 Å². The minimum Gasteiger partial charge on any atom is -0.258 e. The van der Waals surface area contributed by atoms with Crippen LogP contribution in [0.15, 0.2) is 18.3 Å². The minimum absolute atomic E-state index is 0.275. The summed E-state index contributed by atoms with van der Waals surface area (Å²) in [6, 6.07) is 2.95. The number of alkyl halides is 1. The van der Waals surface area contributed by atoms with E-state index >= 15 is 0 Å². The predicted octanol–water partition coefficient (Wildman–Crippen LogP) is 2.00. The van der Waals surface area contributed by atoms with Crippen molar-refractivity contribution < 1.29 is 4.39 Å². The first-order valence-electron chi connectivity index (χ1n) is 3.00. The van der Waals surface area contributed by atoms with Crippen molar-refractivity contribution in [3.8, 4) is 0 Å². The molecular weight excluding hydrogens is 153 g/mol. The Morgan fingerprint density at radius 3 is 3.00 bits per heavy atom.